The van der Waals surface area contributed by atoms with Crippen LogP contribution in [-0.4, -0.2) is 16.2 Å². The minimum absolute atomic E-state index is 0.0171. The van der Waals surface area contributed by atoms with Crippen molar-refractivity contribution >= 4 is 23.6 Å². The van der Waals surface area contributed by atoms with Crippen molar-refractivity contribution in [2.45, 2.75) is 6.61 Å². The highest BCUT2D eigenvalue weighted by molar-refractivity contribution is 6.32. The molecule has 21 heavy (non-hydrogen) atoms. The van der Waals surface area contributed by atoms with E-state index in [4.69, 9.17) is 26.6 Å². The number of hydrogen-bond donors (Lipinski definition) is 2. The van der Waals surface area contributed by atoms with Crippen LogP contribution in [0.1, 0.15) is 11.1 Å². The lowest BCUT2D eigenvalue weighted by Gasteiger charge is -2.07. The number of carboxylic acid groups (broad SMARTS) is 1. The van der Waals surface area contributed by atoms with Crippen LogP contribution >= 0.6 is 11.6 Å². The number of aliphatic hydroxyl groups is 1. The van der Waals surface area contributed by atoms with Gasteiger partial charge in [0, 0.05) is 6.08 Å². The molecule has 2 rings (SSSR count). The third-order valence-corrected chi connectivity index (χ3v) is 3.05. The van der Waals surface area contributed by atoms with Crippen molar-refractivity contribution in [2.24, 2.45) is 0 Å². The number of halogens is 1. The van der Waals surface area contributed by atoms with Gasteiger partial charge in [-0.3, -0.25) is 0 Å². The number of hydrogen-bond acceptors (Lipinski definition) is 3. The molecule has 0 radical (unpaired) electrons. The molecule has 0 heterocycles. The van der Waals surface area contributed by atoms with E-state index in [0.717, 1.165) is 11.6 Å². The Morgan fingerprint density at radius 3 is 2.38 bits per heavy atom. The molecular weight excluding hydrogens is 292 g/mol. The van der Waals surface area contributed by atoms with Gasteiger partial charge in [0.05, 0.1) is 11.6 Å². The van der Waals surface area contributed by atoms with E-state index in [9.17, 15) is 4.79 Å². The summed E-state index contributed by atoms with van der Waals surface area (Å²) < 4.78 is 5.63. The Balaban J connectivity index is 2.14. The molecule has 0 spiro atoms. The average molecular weight is 305 g/mol. The van der Waals surface area contributed by atoms with Crippen LogP contribution in [0.4, 0.5) is 0 Å². The lowest BCUT2D eigenvalue weighted by Crippen LogP contribution is -1.88. The van der Waals surface area contributed by atoms with Gasteiger partial charge in [-0.05, 0) is 47.5 Å². The highest BCUT2D eigenvalue weighted by Crippen LogP contribution is 2.27. The molecule has 0 unspecified atom stereocenters. The van der Waals surface area contributed by atoms with Crippen molar-refractivity contribution < 1.29 is 19.7 Å². The smallest absolute Gasteiger partial charge is 0.328 e. The number of aliphatic hydroxyl groups excluding tert-OH is 1. The molecule has 108 valence electrons. The Kier molecular flexibility index (Phi) is 4.98. The second kappa shape index (κ2) is 6.92. The molecule has 5 heteroatoms. The fourth-order valence-electron chi connectivity index (χ4n) is 1.67. The summed E-state index contributed by atoms with van der Waals surface area (Å²) in [5.74, 6) is 0.136. The van der Waals surface area contributed by atoms with Crippen molar-refractivity contribution in [3.05, 3.63) is 64.7 Å². The summed E-state index contributed by atoms with van der Waals surface area (Å²) in [6.45, 7) is -0.0171. The lowest BCUT2D eigenvalue weighted by atomic mass is 10.2. The van der Waals surface area contributed by atoms with Crippen LogP contribution < -0.4 is 4.74 Å². The van der Waals surface area contributed by atoms with Gasteiger partial charge in [-0.15, -0.1) is 0 Å². The summed E-state index contributed by atoms with van der Waals surface area (Å²) >= 11 is 6.07. The maximum atomic E-state index is 10.5. The van der Waals surface area contributed by atoms with Crippen molar-refractivity contribution in [3.63, 3.8) is 0 Å². The van der Waals surface area contributed by atoms with Gasteiger partial charge in [0.1, 0.15) is 11.5 Å². The summed E-state index contributed by atoms with van der Waals surface area (Å²) in [5.41, 5.74) is 1.40. The number of rotatable bonds is 5. The molecule has 0 atom stereocenters. The summed E-state index contributed by atoms with van der Waals surface area (Å²) in [5, 5.41) is 18.0. The van der Waals surface area contributed by atoms with Gasteiger partial charge in [0.25, 0.3) is 0 Å². The van der Waals surface area contributed by atoms with Gasteiger partial charge in [0.2, 0.25) is 0 Å². The topological polar surface area (TPSA) is 66.8 Å². The van der Waals surface area contributed by atoms with Crippen LogP contribution in [0.15, 0.2) is 48.5 Å². The predicted molar refractivity (Wildman–Crippen MR) is 80.6 cm³/mol. The lowest BCUT2D eigenvalue weighted by molar-refractivity contribution is -0.131. The third-order valence-electron chi connectivity index (χ3n) is 2.72. The van der Waals surface area contributed by atoms with Crippen molar-refractivity contribution in [3.8, 4) is 11.5 Å². The Morgan fingerprint density at radius 2 is 1.81 bits per heavy atom. The first-order chi connectivity index (χ1) is 10.1. The minimum Gasteiger partial charge on any atom is -0.478 e. The average Bonchev–Trinajstić information content (AvgIpc) is 2.47. The van der Waals surface area contributed by atoms with E-state index >= 15 is 0 Å². The summed E-state index contributed by atoms with van der Waals surface area (Å²) in [6.07, 6.45) is 2.44. The number of ether oxygens (including phenoxy) is 1. The molecule has 0 saturated heterocycles. The van der Waals surface area contributed by atoms with Crippen LogP contribution in [0.2, 0.25) is 5.02 Å². The Labute approximate surface area is 126 Å². The molecule has 0 aliphatic rings. The third kappa shape index (κ3) is 4.34. The van der Waals surface area contributed by atoms with Gasteiger partial charge in [-0.2, -0.15) is 0 Å². The molecule has 0 saturated carbocycles. The van der Waals surface area contributed by atoms with E-state index in [2.05, 4.69) is 0 Å². The first-order valence-electron chi connectivity index (χ1n) is 6.16. The molecule has 0 aromatic heterocycles. The largest absolute Gasteiger partial charge is 0.478 e. The van der Waals surface area contributed by atoms with Crippen LogP contribution in [0.25, 0.3) is 6.08 Å². The summed E-state index contributed by atoms with van der Waals surface area (Å²) in [7, 11) is 0. The van der Waals surface area contributed by atoms with Crippen molar-refractivity contribution in [1.82, 2.24) is 0 Å². The fraction of sp³-hybridized carbons (Fsp3) is 0.0625. The van der Waals surface area contributed by atoms with Gasteiger partial charge in [-0.25, -0.2) is 4.79 Å². The van der Waals surface area contributed by atoms with Gasteiger partial charge < -0.3 is 14.9 Å². The fourth-order valence-corrected chi connectivity index (χ4v) is 1.90. The van der Waals surface area contributed by atoms with E-state index in [0.29, 0.717) is 22.1 Å². The molecule has 2 aromatic rings. The molecule has 0 bridgehead atoms. The Bertz CT molecular complexity index is 662. The number of carbonyl (C=O) groups is 1. The molecule has 0 amide bonds. The van der Waals surface area contributed by atoms with E-state index in [1.807, 2.05) is 0 Å². The summed E-state index contributed by atoms with van der Waals surface area (Å²) in [4.78, 5) is 10.5. The van der Waals surface area contributed by atoms with Crippen molar-refractivity contribution in [2.75, 3.05) is 0 Å². The van der Waals surface area contributed by atoms with Crippen LogP contribution in [-0.2, 0) is 11.4 Å². The second-order valence-electron chi connectivity index (χ2n) is 4.26. The molecule has 2 N–H and O–H groups in total. The molecular formula is C16H13ClO4. The van der Waals surface area contributed by atoms with Gasteiger partial charge in [-0.1, -0.05) is 23.7 Å². The normalized spacial score (nSPS) is 10.8. The predicted octanol–water partition coefficient (Wildman–Crippen LogP) is 3.72. The number of carboxylic acids is 1. The van der Waals surface area contributed by atoms with Gasteiger partial charge >= 0.3 is 5.97 Å². The maximum Gasteiger partial charge on any atom is 0.328 e. The Morgan fingerprint density at radius 1 is 1.14 bits per heavy atom. The SMILES string of the molecule is O=C(O)/C=C/c1ccc(Oc2ccc(CO)cc2)cc1Cl. The molecule has 0 fully saturated rings. The molecule has 2 aromatic carbocycles. The minimum atomic E-state index is -1.03. The second-order valence-corrected chi connectivity index (χ2v) is 4.67. The Hall–Kier alpha value is -2.30. The standard InChI is InChI=1S/C16H13ClO4/c17-15-9-14(7-3-12(15)4-8-16(19)20)21-13-5-1-11(10-18)2-6-13/h1-9,18H,10H2,(H,19,20)/b8-4+. The van der Waals surface area contributed by atoms with E-state index < -0.39 is 5.97 Å². The van der Waals surface area contributed by atoms with Crippen LogP contribution in [0.5, 0.6) is 11.5 Å². The van der Waals surface area contributed by atoms with E-state index in [-0.39, 0.29) is 6.61 Å². The van der Waals surface area contributed by atoms with Crippen LogP contribution in [0, 0.1) is 0 Å². The monoisotopic (exact) mass is 304 g/mol. The molecule has 0 aliphatic carbocycles. The van der Waals surface area contributed by atoms with Gasteiger partial charge in [0.15, 0.2) is 0 Å². The zero-order valence-corrected chi connectivity index (χ0v) is 11.7. The quantitative estimate of drug-likeness (QED) is 0.826. The maximum absolute atomic E-state index is 10.5. The molecule has 0 aliphatic heterocycles. The highest BCUT2D eigenvalue weighted by atomic mass is 35.5. The van der Waals surface area contributed by atoms with E-state index in [1.165, 1.54) is 6.08 Å². The highest BCUT2D eigenvalue weighted by Gasteiger charge is 2.03. The van der Waals surface area contributed by atoms with Crippen molar-refractivity contribution in [1.29, 1.82) is 0 Å². The first-order valence-corrected chi connectivity index (χ1v) is 6.54. The zero-order chi connectivity index (χ0) is 15.2. The number of aliphatic carboxylic acids is 1. The number of benzene rings is 2. The van der Waals surface area contributed by atoms with Crippen LogP contribution in [0.3, 0.4) is 0 Å². The molecule has 4 nitrogen and oxygen atoms in total. The first kappa shape index (κ1) is 15.1. The summed E-state index contributed by atoms with van der Waals surface area (Å²) in [6, 6.07) is 12.0. The van der Waals surface area contributed by atoms with E-state index in [1.54, 1.807) is 42.5 Å². The zero-order valence-electron chi connectivity index (χ0n) is 11.0.